The Morgan fingerprint density at radius 1 is 1.17 bits per heavy atom. The number of nitrogens with one attached hydrogen (secondary N) is 1. The molecule has 2 fully saturated rings. The van der Waals surface area contributed by atoms with E-state index in [1.165, 1.54) is 51.4 Å². The molecule has 18 heavy (non-hydrogen) atoms. The summed E-state index contributed by atoms with van der Waals surface area (Å²) in [6.07, 6.45) is 10.1. The van der Waals surface area contributed by atoms with E-state index in [9.17, 15) is 5.11 Å². The van der Waals surface area contributed by atoms with Crippen LogP contribution in [0.3, 0.4) is 0 Å². The highest BCUT2D eigenvalue weighted by Crippen LogP contribution is 2.35. The van der Waals surface area contributed by atoms with Gasteiger partial charge in [-0.2, -0.15) is 0 Å². The lowest BCUT2D eigenvalue weighted by Gasteiger charge is -2.47. The molecule has 0 radical (unpaired) electrons. The fourth-order valence-electron chi connectivity index (χ4n) is 3.98. The zero-order chi connectivity index (χ0) is 13.0. The van der Waals surface area contributed by atoms with Gasteiger partial charge < -0.3 is 16.2 Å². The molecule has 2 aliphatic carbocycles. The summed E-state index contributed by atoms with van der Waals surface area (Å²) in [5.41, 5.74) is 6.24. The molecule has 0 amide bonds. The number of rotatable bonds is 4. The van der Waals surface area contributed by atoms with Gasteiger partial charge in [-0.3, -0.25) is 0 Å². The van der Waals surface area contributed by atoms with Crippen LogP contribution in [0.4, 0.5) is 0 Å². The maximum Gasteiger partial charge on any atom is 0.0474 e. The monoisotopic (exact) mass is 254 g/mol. The maximum atomic E-state index is 9.54. The first-order chi connectivity index (χ1) is 8.72. The molecule has 0 bridgehead atoms. The Labute approximate surface area is 112 Å². The Bertz CT molecular complexity index is 259. The normalized spacial score (nSPS) is 41.8. The fourth-order valence-corrected chi connectivity index (χ4v) is 3.98. The van der Waals surface area contributed by atoms with E-state index in [1.807, 2.05) is 0 Å². The van der Waals surface area contributed by atoms with Crippen molar-refractivity contribution in [2.24, 2.45) is 17.6 Å². The second-order valence-electron chi connectivity index (χ2n) is 6.49. The highest BCUT2D eigenvalue weighted by atomic mass is 16.3. The van der Waals surface area contributed by atoms with E-state index in [0.717, 1.165) is 6.54 Å². The van der Waals surface area contributed by atoms with Crippen LogP contribution < -0.4 is 11.1 Å². The lowest BCUT2D eigenvalue weighted by molar-refractivity contribution is 0.0868. The summed E-state index contributed by atoms with van der Waals surface area (Å²) in [4.78, 5) is 0. The van der Waals surface area contributed by atoms with Crippen molar-refractivity contribution in [1.82, 2.24) is 5.32 Å². The Hall–Kier alpha value is -0.120. The molecule has 4 unspecified atom stereocenters. The van der Waals surface area contributed by atoms with E-state index in [4.69, 9.17) is 5.73 Å². The van der Waals surface area contributed by atoms with Gasteiger partial charge >= 0.3 is 0 Å². The van der Waals surface area contributed by atoms with Gasteiger partial charge in [0.2, 0.25) is 0 Å². The molecule has 2 saturated carbocycles. The summed E-state index contributed by atoms with van der Waals surface area (Å²) < 4.78 is 0. The van der Waals surface area contributed by atoms with Crippen LogP contribution in [0.15, 0.2) is 0 Å². The average molecular weight is 254 g/mol. The smallest absolute Gasteiger partial charge is 0.0474 e. The Morgan fingerprint density at radius 3 is 2.56 bits per heavy atom. The van der Waals surface area contributed by atoms with Crippen molar-refractivity contribution in [3.63, 3.8) is 0 Å². The third-order valence-corrected chi connectivity index (χ3v) is 5.43. The van der Waals surface area contributed by atoms with E-state index >= 15 is 0 Å². The molecule has 4 atom stereocenters. The summed E-state index contributed by atoms with van der Waals surface area (Å²) in [6.45, 7) is 3.41. The lowest BCUT2D eigenvalue weighted by atomic mass is 9.72. The lowest BCUT2D eigenvalue weighted by Crippen LogP contribution is -2.62. The molecule has 0 heterocycles. The maximum absolute atomic E-state index is 9.54. The van der Waals surface area contributed by atoms with Crippen LogP contribution in [0, 0.1) is 11.8 Å². The minimum Gasteiger partial charge on any atom is -0.396 e. The van der Waals surface area contributed by atoms with Gasteiger partial charge in [0.1, 0.15) is 0 Å². The summed E-state index contributed by atoms with van der Waals surface area (Å²) in [5, 5.41) is 13.4. The quantitative estimate of drug-likeness (QED) is 0.719. The molecule has 4 N–H and O–H groups in total. The first-order valence-corrected chi connectivity index (χ1v) is 7.80. The highest BCUT2D eigenvalue weighted by Gasteiger charge is 2.40. The molecule has 0 aromatic carbocycles. The van der Waals surface area contributed by atoms with Crippen LogP contribution in [-0.2, 0) is 0 Å². The minimum atomic E-state index is 0.133. The van der Waals surface area contributed by atoms with Gasteiger partial charge in [-0.05, 0) is 37.5 Å². The largest absolute Gasteiger partial charge is 0.396 e. The number of hydrogen-bond acceptors (Lipinski definition) is 3. The standard InChI is InChI=1S/C15H30N2O/c1-12-6-4-5-9-15(12,11-16)17-14-8-3-2-7-13(14)10-18/h12-14,17-18H,2-11,16H2,1H3. The van der Waals surface area contributed by atoms with Gasteiger partial charge in [0.05, 0.1) is 0 Å². The van der Waals surface area contributed by atoms with Gasteiger partial charge in [-0.1, -0.05) is 32.6 Å². The number of nitrogens with two attached hydrogens (primary N) is 1. The molecule has 106 valence electrons. The van der Waals surface area contributed by atoms with Crippen LogP contribution >= 0.6 is 0 Å². The number of hydrogen-bond donors (Lipinski definition) is 3. The molecule has 0 aliphatic heterocycles. The first-order valence-electron chi connectivity index (χ1n) is 7.80. The third kappa shape index (κ3) is 2.89. The number of aliphatic hydroxyl groups excluding tert-OH is 1. The van der Waals surface area contributed by atoms with Gasteiger partial charge in [0, 0.05) is 24.7 Å². The van der Waals surface area contributed by atoms with Crippen LogP contribution in [0.2, 0.25) is 0 Å². The second-order valence-corrected chi connectivity index (χ2v) is 6.49. The van der Waals surface area contributed by atoms with Crippen molar-refractivity contribution < 1.29 is 5.11 Å². The Kier molecular flexibility index (Phi) is 5.05. The van der Waals surface area contributed by atoms with Crippen molar-refractivity contribution in [2.75, 3.05) is 13.2 Å². The summed E-state index contributed by atoms with van der Waals surface area (Å²) in [5.74, 6) is 1.11. The SMILES string of the molecule is CC1CCCCC1(CN)NC1CCCCC1CO. The average Bonchev–Trinajstić information content (AvgIpc) is 2.42. The van der Waals surface area contributed by atoms with Crippen molar-refractivity contribution >= 4 is 0 Å². The molecule has 3 nitrogen and oxygen atoms in total. The second kappa shape index (κ2) is 6.36. The van der Waals surface area contributed by atoms with Crippen molar-refractivity contribution in [2.45, 2.75) is 69.9 Å². The molecule has 0 aromatic rings. The molecule has 2 aliphatic rings. The highest BCUT2D eigenvalue weighted by molar-refractivity contribution is 4.99. The summed E-state index contributed by atoms with van der Waals surface area (Å²) in [6, 6.07) is 0.479. The first kappa shape index (κ1) is 14.3. The fraction of sp³-hybridized carbons (Fsp3) is 1.00. The molecule has 0 spiro atoms. The molecule has 0 saturated heterocycles. The van der Waals surface area contributed by atoms with E-state index < -0.39 is 0 Å². The summed E-state index contributed by atoms with van der Waals surface area (Å²) >= 11 is 0. The van der Waals surface area contributed by atoms with Crippen molar-refractivity contribution in [3.05, 3.63) is 0 Å². The van der Waals surface area contributed by atoms with Gasteiger partial charge in [-0.15, -0.1) is 0 Å². The van der Waals surface area contributed by atoms with Gasteiger partial charge in [-0.25, -0.2) is 0 Å². The minimum absolute atomic E-state index is 0.133. The molecule has 3 heteroatoms. The van der Waals surface area contributed by atoms with Crippen LogP contribution in [-0.4, -0.2) is 29.8 Å². The topological polar surface area (TPSA) is 58.3 Å². The number of aliphatic hydroxyl groups is 1. The van der Waals surface area contributed by atoms with Crippen LogP contribution in [0.5, 0.6) is 0 Å². The third-order valence-electron chi connectivity index (χ3n) is 5.43. The van der Waals surface area contributed by atoms with E-state index in [0.29, 0.717) is 24.5 Å². The van der Waals surface area contributed by atoms with Crippen molar-refractivity contribution in [3.8, 4) is 0 Å². The van der Waals surface area contributed by atoms with E-state index in [2.05, 4.69) is 12.2 Å². The zero-order valence-electron chi connectivity index (χ0n) is 11.8. The molecular formula is C15H30N2O. The molecule has 0 aromatic heterocycles. The van der Waals surface area contributed by atoms with Gasteiger partial charge in [0.15, 0.2) is 0 Å². The predicted octanol–water partition coefficient (Wildman–Crippen LogP) is 2.03. The van der Waals surface area contributed by atoms with Crippen LogP contribution in [0.25, 0.3) is 0 Å². The predicted molar refractivity (Wildman–Crippen MR) is 75.4 cm³/mol. The van der Waals surface area contributed by atoms with E-state index in [1.54, 1.807) is 0 Å². The summed E-state index contributed by atoms with van der Waals surface area (Å²) in [7, 11) is 0. The van der Waals surface area contributed by atoms with Crippen molar-refractivity contribution in [1.29, 1.82) is 0 Å². The molecular weight excluding hydrogens is 224 g/mol. The Balaban J connectivity index is 2.03. The van der Waals surface area contributed by atoms with Crippen LogP contribution in [0.1, 0.15) is 58.3 Å². The molecule has 2 rings (SSSR count). The Morgan fingerprint density at radius 2 is 1.89 bits per heavy atom. The van der Waals surface area contributed by atoms with E-state index in [-0.39, 0.29) is 5.54 Å². The van der Waals surface area contributed by atoms with Gasteiger partial charge in [0.25, 0.3) is 0 Å². The zero-order valence-corrected chi connectivity index (χ0v) is 11.8.